The molecule has 0 unspecified atom stereocenters. The smallest absolute Gasteiger partial charge is 0.222 e. The van der Waals surface area contributed by atoms with Crippen molar-refractivity contribution in [1.29, 1.82) is 0 Å². The Balaban J connectivity index is 2.25. The van der Waals surface area contributed by atoms with Crippen molar-refractivity contribution < 1.29 is 13.4 Å². The molecule has 0 radical (unpaired) electrons. The molecule has 0 aliphatic carbocycles. The highest BCUT2D eigenvalue weighted by molar-refractivity contribution is 6.13. The summed E-state index contributed by atoms with van der Waals surface area (Å²) in [5, 5.41) is 1.09. The van der Waals surface area contributed by atoms with Gasteiger partial charge in [-0.15, -0.1) is 0 Å². The van der Waals surface area contributed by atoms with Gasteiger partial charge in [-0.05, 0) is 36.8 Å². The van der Waals surface area contributed by atoms with Gasteiger partial charge < -0.3 is 4.42 Å². The molecule has 2 aromatic carbocycles. The first-order chi connectivity index (χ1) is 11.6. The third-order valence-electron chi connectivity index (χ3n) is 4.36. The molecule has 0 atom stereocenters. The average molecular weight is 317 g/mol. The Morgan fingerprint density at radius 2 is 1.79 bits per heavy atom. The van der Waals surface area contributed by atoms with Crippen molar-refractivity contribution in [3.8, 4) is 11.3 Å². The average Bonchev–Trinajstić information content (AvgIpc) is 2.96. The summed E-state index contributed by atoms with van der Waals surface area (Å²) >= 11 is 0. The number of nitrogens with zero attached hydrogens (tertiary/aromatic N) is 2. The first kappa shape index (κ1) is 14.4. The number of furan rings is 1. The van der Waals surface area contributed by atoms with Crippen LogP contribution < -0.4 is 4.57 Å². The van der Waals surface area contributed by atoms with E-state index in [4.69, 9.17) is 11.0 Å². The van der Waals surface area contributed by atoms with Crippen LogP contribution in [0.5, 0.6) is 0 Å². The maximum Gasteiger partial charge on any atom is 0.222 e. The zero-order valence-corrected chi connectivity index (χ0v) is 13.3. The third kappa shape index (κ3) is 1.92. The lowest BCUT2D eigenvalue weighted by molar-refractivity contribution is -0.660. The first-order valence-electron chi connectivity index (χ1n) is 7.58. The molecule has 3 nitrogen and oxygen atoms in total. The van der Waals surface area contributed by atoms with Crippen LogP contribution in [0.4, 0.5) is 10.1 Å². The fourth-order valence-corrected chi connectivity index (χ4v) is 3.20. The molecule has 0 saturated heterocycles. The summed E-state index contributed by atoms with van der Waals surface area (Å²) in [5.74, 6) is -0.522. The van der Waals surface area contributed by atoms with E-state index in [2.05, 4.69) is 4.85 Å². The molecular weight excluding hydrogens is 303 g/mol. The van der Waals surface area contributed by atoms with Gasteiger partial charge in [0.2, 0.25) is 11.4 Å². The van der Waals surface area contributed by atoms with E-state index >= 15 is 0 Å². The standard InChI is InChI=1S/C20H14FN2O/c1-12-7-9-15-18(17(12)14-6-4-5-11-23(14)3)19-16(24-15)10-8-13(22-2)20(19)21/h4-11H,1,3H3/q+1. The maximum absolute atomic E-state index is 14.9. The molecule has 4 aromatic rings. The SMILES string of the molecule is [C-]#[N+]c1ccc2oc3ccc(C)c(-c4cccc[n+]4C)c3c2c1F. The fourth-order valence-electron chi connectivity index (χ4n) is 3.20. The quantitative estimate of drug-likeness (QED) is 0.354. The third-order valence-corrected chi connectivity index (χ3v) is 4.36. The predicted molar refractivity (Wildman–Crippen MR) is 91.3 cm³/mol. The first-order valence-corrected chi connectivity index (χ1v) is 7.58. The van der Waals surface area contributed by atoms with Crippen molar-refractivity contribution in [2.45, 2.75) is 6.92 Å². The van der Waals surface area contributed by atoms with E-state index in [1.807, 2.05) is 55.1 Å². The van der Waals surface area contributed by atoms with Crippen LogP contribution in [0.2, 0.25) is 0 Å². The minimum absolute atomic E-state index is 0.00935. The lowest BCUT2D eigenvalue weighted by atomic mass is 9.97. The molecule has 2 heterocycles. The summed E-state index contributed by atoms with van der Waals surface area (Å²) in [6.45, 7) is 9.16. The maximum atomic E-state index is 14.9. The molecular formula is C20H14FN2O+. The molecule has 2 aromatic heterocycles. The number of pyridine rings is 1. The van der Waals surface area contributed by atoms with E-state index in [0.29, 0.717) is 16.6 Å². The Labute approximate surface area is 138 Å². The highest BCUT2D eigenvalue weighted by atomic mass is 19.1. The monoisotopic (exact) mass is 317 g/mol. The molecule has 4 rings (SSSR count). The van der Waals surface area contributed by atoms with Gasteiger partial charge in [0.15, 0.2) is 6.20 Å². The number of aromatic nitrogens is 1. The van der Waals surface area contributed by atoms with Gasteiger partial charge in [0.25, 0.3) is 0 Å². The summed E-state index contributed by atoms with van der Waals surface area (Å²) in [6.07, 6.45) is 1.96. The van der Waals surface area contributed by atoms with Gasteiger partial charge in [-0.1, -0.05) is 6.07 Å². The normalized spacial score (nSPS) is 11.1. The summed E-state index contributed by atoms with van der Waals surface area (Å²) in [6, 6.07) is 12.9. The fraction of sp³-hybridized carbons (Fsp3) is 0.100. The van der Waals surface area contributed by atoms with Gasteiger partial charge in [0.05, 0.1) is 17.5 Å². The van der Waals surface area contributed by atoms with Gasteiger partial charge in [0.1, 0.15) is 24.0 Å². The Hall–Kier alpha value is -3.19. The second-order valence-corrected chi connectivity index (χ2v) is 5.81. The molecule has 0 aliphatic heterocycles. The molecule has 0 N–H and O–H groups in total. The van der Waals surface area contributed by atoms with Gasteiger partial charge in [-0.2, -0.15) is 0 Å². The van der Waals surface area contributed by atoms with E-state index < -0.39 is 5.82 Å². The number of hydrogen-bond acceptors (Lipinski definition) is 1. The second kappa shape index (κ2) is 5.17. The van der Waals surface area contributed by atoms with Crippen molar-refractivity contribution in [1.82, 2.24) is 0 Å². The van der Waals surface area contributed by atoms with Gasteiger partial charge in [0, 0.05) is 17.5 Å². The number of hydrogen-bond donors (Lipinski definition) is 0. The van der Waals surface area contributed by atoms with Crippen molar-refractivity contribution in [3.05, 3.63) is 71.5 Å². The molecule has 0 spiro atoms. The number of benzene rings is 2. The van der Waals surface area contributed by atoms with Crippen LogP contribution in [-0.4, -0.2) is 0 Å². The van der Waals surface area contributed by atoms with Crippen LogP contribution in [0.3, 0.4) is 0 Å². The molecule has 0 aliphatic rings. The molecule has 0 amide bonds. The summed E-state index contributed by atoms with van der Waals surface area (Å²) in [7, 11) is 1.96. The minimum Gasteiger partial charge on any atom is -0.456 e. The van der Waals surface area contributed by atoms with Crippen molar-refractivity contribution in [2.75, 3.05) is 0 Å². The van der Waals surface area contributed by atoms with E-state index in [0.717, 1.165) is 22.2 Å². The number of rotatable bonds is 1. The highest BCUT2D eigenvalue weighted by Gasteiger charge is 2.22. The van der Waals surface area contributed by atoms with Crippen LogP contribution in [-0.2, 0) is 7.05 Å². The number of halogens is 1. The van der Waals surface area contributed by atoms with Gasteiger partial charge in [-0.3, -0.25) is 0 Å². The largest absolute Gasteiger partial charge is 0.456 e. The highest BCUT2D eigenvalue weighted by Crippen LogP contribution is 2.40. The number of fused-ring (bicyclic) bond motifs is 3. The van der Waals surface area contributed by atoms with E-state index in [1.165, 1.54) is 6.07 Å². The minimum atomic E-state index is -0.522. The van der Waals surface area contributed by atoms with Crippen LogP contribution in [0.25, 0.3) is 38.0 Å². The van der Waals surface area contributed by atoms with Crippen molar-refractivity contribution >= 4 is 27.6 Å². The lowest BCUT2D eigenvalue weighted by Crippen LogP contribution is -2.30. The van der Waals surface area contributed by atoms with Gasteiger partial charge >= 0.3 is 0 Å². The summed E-state index contributed by atoms with van der Waals surface area (Å²) < 4.78 is 22.7. The topological polar surface area (TPSA) is 21.4 Å². The Bertz CT molecular complexity index is 1150. The van der Waals surface area contributed by atoms with Crippen molar-refractivity contribution in [2.24, 2.45) is 7.05 Å². The zero-order chi connectivity index (χ0) is 16.8. The molecule has 4 heteroatoms. The molecule has 0 fully saturated rings. The van der Waals surface area contributed by atoms with E-state index in [1.54, 1.807) is 6.07 Å². The lowest BCUT2D eigenvalue weighted by Gasteiger charge is -2.06. The Morgan fingerprint density at radius 1 is 1.04 bits per heavy atom. The molecule has 116 valence electrons. The number of aryl methyl sites for hydroxylation is 2. The Morgan fingerprint density at radius 3 is 2.54 bits per heavy atom. The Kier molecular flexibility index (Phi) is 3.10. The van der Waals surface area contributed by atoms with Crippen LogP contribution >= 0.6 is 0 Å². The summed E-state index contributed by atoms with van der Waals surface area (Å²) in [4.78, 5) is 3.28. The molecule has 0 bridgehead atoms. The van der Waals surface area contributed by atoms with Crippen LogP contribution in [0.1, 0.15) is 5.56 Å². The second-order valence-electron chi connectivity index (χ2n) is 5.81. The summed E-state index contributed by atoms with van der Waals surface area (Å²) in [5.41, 5.74) is 4.01. The van der Waals surface area contributed by atoms with Crippen LogP contribution in [0, 0.1) is 19.3 Å². The van der Waals surface area contributed by atoms with E-state index in [9.17, 15) is 4.39 Å². The van der Waals surface area contributed by atoms with Crippen LogP contribution in [0.15, 0.2) is 53.1 Å². The zero-order valence-electron chi connectivity index (χ0n) is 13.3. The van der Waals surface area contributed by atoms with Gasteiger partial charge in [-0.25, -0.2) is 13.8 Å². The molecule has 24 heavy (non-hydrogen) atoms. The molecule has 0 saturated carbocycles. The van der Waals surface area contributed by atoms with Crippen molar-refractivity contribution in [3.63, 3.8) is 0 Å². The van der Waals surface area contributed by atoms with E-state index in [-0.39, 0.29) is 5.69 Å². The predicted octanol–water partition coefficient (Wildman–Crippen LogP) is 5.08.